The molecule has 0 radical (unpaired) electrons. The summed E-state index contributed by atoms with van der Waals surface area (Å²) in [4.78, 5) is 42.4. The molecule has 3 aromatic heterocycles. The Balaban J connectivity index is 1.31. The van der Waals surface area contributed by atoms with Gasteiger partial charge in [0.1, 0.15) is 6.17 Å². The number of aryl methyl sites for hydroxylation is 2. The third-order valence-electron chi connectivity index (χ3n) is 6.39. The molecule has 3 heterocycles. The highest BCUT2D eigenvalue weighted by molar-refractivity contribution is 5.92. The van der Waals surface area contributed by atoms with Crippen molar-refractivity contribution in [2.24, 2.45) is 0 Å². The Morgan fingerprint density at radius 3 is 2.70 bits per heavy atom. The van der Waals surface area contributed by atoms with E-state index in [1.807, 2.05) is 19.1 Å². The smallest absolute Gasteiger partial charge is 0.288 e. The minimum atomic E-state index is -1.42. The highest BCUT2D eigenvalue weighted by atomic mass is 19.1. The Morgan fingerprint density at radius 2 is 2.05 bits per heavy atom. The van der Waals surface area contributed by atoms with Crippen LogP contribution in [0.4, 0.5) is 14.5 Å². The standard InChI is InChI=1S/C25H29F2N7O3/c1-16-6-7-18(12-28-16)13-29-24(36)21-15-33(31-30-21)14-19(26)8-10-32-11-9-22(23(27)25(32)37)34(17(2)35)20-4-3-5-20/h6-7,9,11-12,15,19-20H,3-5,8,10,13-14H2,1-2H3,(H,29,36). The molecule has 1 saturated carbocycles. The molecule has 196 valence electrons. The maximum Gasteiger partial charge on any atom is 0.288 e. The van der Waals surface area contributed by atoms with Crippen LogP contribution < -0.4 is 15.8 Å². The second-order valence-corrected chi connectivity index (χ2v) is 9.19. The van der Waals surface area contributed by atoms with E-state index in [0.29, 0.717) is 0 Å². The molecule has 12 heteroatoms. The van der Waals surface area contributed by atoms with Crippen LogP contribution >= 0.6 is 0 Å². The summed E-state index contributed by atoms with van der Waals surface area (Å²) < 4.78 is 31.8. The number of amides is 2. The number of alkyl halides is 1. The van der Waals surface area contributed by atoms with Crippen LogP contribution in [-0.2, 0) is 24.4 Å². The first-order valence-corrected chi connectivity index (χ1v) is 12.2. The van der Waals surface area contributed by atoms with Gasteiger partial charge in [-0.1, -0.05) is 11.3 Å². The maximum atomic E-state index is 14.8. The van der Waals surface area contributed by atoms with Gasteiger partial charge in [0.2, 0.25) is 11.7 Å². The van der Waals surface area contributed by atoms with E-state index in [4.69, 9.17) is 0 Å². The number of aromatic nitrogens is 5. The van der Waals surface area contributed by atoms with E-state index in [1.54, 1.807) is 6.20 Å². The zero-order valence-electron chi connectivity index (χ0n) is 20.7. The molecule has 1 atom stereocenters. The number of halogens is 2. The lowest BCUT2D eigenvalue weighted by atomic mass is 9.91. The molecule has 0 aliphatic heterocycles. The first-order valence-electron chi connectivity index (χ1n) is 12.2. The molecular formula is C25H29F2N7O3. The van der Waals surface area contributed by atoms with Crippen molar-refractivity contribution in [2.75, 3.05) is 4.90 Å². The molecule has 1 aliphatic rings. The third-order valence-corrected chi connectivity index (χ3v) is 6.39. The summed E-state index contributed by atoms with van der Waals surface area (Å²) in [5.74, 6) is -1.79. The SMILES string of the molecule is CC(=O)N(c1ccn(CCC(F)Cn2cc(C(=O)NCc3ccc(C)nc3)nn2)c(=O)c1F)C1CCC1. The fourth-order valence-electron chi connectivity index (χ4n) is 4.11. The molecule has 4 rings (SSSR count). The topological polar surface area (TPSA) is 115 Å². The van der Waals surface area contributed by atoms with Crippen molar-refractivity contribution in [3.63, 3.8) is 0 Å². The quantitative estimate of drug-likeness (QED) is 0.446. The third kappa shape index (κ3) is 6.25. The van der Waals surface area contributed by atoms with E-state index >= 15 is 0 Å². The molecule has 37 heavy (non-hydrogen) atoms. The number of nitrogens with zero attached hydrogens (tertiary/aromatic N) is 6. The Morgan fingerprint density at radius 1 is 1.27 bits per heavy atom. The number of anilines is 1. The molecule has 1 aliphatic carbocycles. The van der Waals surface area contributed by atoms with E-state index in [9.17, 15) is 23.2 Å². The molecule has 0 aromatic carbocycles. The summed E-state index contributed by atoms with van der Waals surface area (Å²) in [6, 6.07) is 4.97. The number of carbonyl (C=O) groups is 2. The van der Waals surface area contributed by atoms with Gasteiger partial charge in [-0.15, -0.1) is 5.10 Å². The Kier molecular flexibility index (Phi) is 8.04. The zero-order chi connectivity index (χ0) is 26.5. The summed E-state index contributed by atoms with van der Waals surface area (Å²) in [6.45, 7) is 3.23. The fourth-order valence-corrected chi connectivity index (χ4v) is 4.11. The average molecular weight is 514 g/mol. The van der Waals surface area contributed by atoms with Gasteiger partial charge in [0.25, 0.3) is 11.5 Å². The number of carbonyl (C=O) groups excluding carboxylic acids is 2. The summed E-state index contributed by atoms with van der Waals surface area (Å²) in [5.41, 5.74) is 0.796. The molecule has 0 spiro atoms. The average Bonchev–Trinajstić information content (AvgIpc) is 3.30. The van der Waals surface area contributed by atoms with E-state index in [2.05, 4.69) is 20.6 Å². The Labute approximate surface area is 212 Å². The van der Waals surface area contributed by atoms with Crippen LogP contribution in [0.5, 0.6) is 0 Å². The summed E-state index contributed by atoms with van der Waals surface area (Å²) in [5, 5.41) is 10.3. The molecule has 1 N–H and O–H groups in total. The highest BCUT2D eigenvalue weighted by Gasteiger charge is 2.31. The molecule has 2 amide bonds. The van der Waals surface area contributed by atoms with Gasteiger partial charge in [0.05, 0.1) is 18.4 Å². The van der Waals surface area contributed by atoms with Gasteiger partial charge >= 0.3 is 0 Å². The van der Waals surface area contributed by atoms with Crippen molar-refractivity contribution in [1.82, 2.24) is 29.9 Å². The second kappa shape index (κ2) is 11.4. The lowest BCUT2D eigenvalue weighted by Gasteiger charge is -2.37. The van der Waals surface area contributed by atoms with Crippen LogP contribution in [0, 0.1) is 12.7 Å². The summed E-state index contributed by atoms with van der Waals surface area (Å²) in [7, 11) is 0. The fraction of sp³-hybridized carbons (Fsp3) is 0.440. The van der Waals surface area contributed by atoms with Gasteiger partial charge in [-0.05, 0) is 50.3 Å². The van der Waals surface area contributed by atoms with Crippen LogP contribution in [-0.4, -0.2) is 48.6 Å². The second-order valence-electron chi connectivity index (χ2n) is 9.19. The van der Waals surface area contributed by atoms with Gasteiger partial charge in [-0.3, -0.25) is 19.4 Å². The number of pyridine rings is 2. The molecular weight excluding hydrogens is 484 g/mol. The lowest BCUT2D eigenvalue weighted by Crippen LogP contribution is -2.44. The minimum Gasteiger partial charge on any atom is -0.346 e. The normalized spacial score (nSPS) is 14.2. The molecule has 1 fully saturated rings. The van der Waals surface area contributed by atoms with E-state index < -0.39 is 23.5 Å². The van der Waals surface area contributed by atoms with Crippen molar-refractivity contribution in [3.8, 4) is 0 Å². The number of nitrogens with one attached hydrogen (secondary N) is 1. The minimum absolute atomic E-state index is 0.0395. The summed E-state index contributed by atoms with van der Waals surface area (Å²) in [6.07, 6.45) is 5.36. The van der Waals surface area contributed by atoms with Crippen LogP contribution in [0.15, 0.2) is 41.6 Å². The number of hydrogen-bond donors (Lipinski definition) is 1. The molecule has 10 nitrogen and oxygen atoms in total. The van der Waals surface area contributed by atoms with Gasteiger partial charge in [-0.25, -0.2) is 9.07 Å². The van der Waals surface area contributed by atoms with Crippen molar-refractivity contribution < 1.29 is 18.4 Å². The van der Waals surface area contributed by atoms with Gasteiger partial charge < -0.3 is 14.8 Å². The van der Waals surface area contributed by atoms with E-state index in [0.717, 1.165) is 35.1 Å². The monoisotopic (exact) mass is 513 g/mol. The highest BCUT2D eigenvalue weighted by Crippen LogP contribution is 2.30. The maximum absolute atomic E-state index is 14.8. The molecule has 1 unspecified atom stereocenters. The van der Waals surface area contributed by atoms with Gasteiger partial charge in [0, 0.05) is 44.1 Å². The number of hydrogen-bond acceptors (Lipinski definition) is 6. The van der Waals surface area contributed by atoms with Crippen molar-refractivity contribution in [2.45, 2.75) is 71.4 Å². The van der Waals surface area contributed by atoms with Crippen LogP contribution in [0.2, 0.25) is 0 Å². The Bertz CT molecular complexity index is 1320. The predicted molar refractivity (Wildman–Crippen MR) is 131 cm³/mol. The van der Waals surface area contributed by atoms with Crippen LogP contribution in [0.3, 0.4) is 0 Å². The molecule has 0 bridgehead atoms. The first kappa shape index (κ1) is 26.1. The van der Waals surface area contributed by atoms with Crippen molar-refractivity contribution >= 4 is 17.5 Å². The van der Waals surface area contributed by atoms with Crippen molar-refractivity contribution in [1.29, 1.82) is 0 Å². The zero-order valence-corrected chi connectivity index (χ0v) is 20.7. The van der Waals surface area contributed by atoms with Crippen molar-refractivity contribution in [3.05, 3.63) is 69.9 Å². The molecule has 3 aromatic rings. The Hall–Kier alpha value is -3.96. The number of rotatable bonds is 10. The van der Waals surface area contributed by atoms with E-state index in [1.165, 1.54) is 35.0 Å². The van der Waals surface area contributed by atoms with Crippen LogP contribution in [0.25, 0.3) is 0 Å². The lowest BCUT2D eigenvalue weighted by molar-refractivity contribution is -0.117. The van der Waals surface area contributed by atoms with E-state index in [-0.39, 0.29) is 49.4 Å². The first-order chi connectivity index (χ1) is 17.7. The molecule has 0 saturated heterocycles. The summed E-state index contributed by atoms with van der Waals surface area (Å²) >= 11 is 0. The van der Waals surface area contributed by atoms with Gasteiger partial charge in [-0.2, -0.15) is 4.39 Å². The van der Waals surface area contributed by atoms with Crippen LogP contribution in [0.1, 0.15) is 54.4 Å². The predicted octanol–water partition coefficient (Wildman–Crippen LogP) is 2.55. The van der Waals surface area contributed by atoms with Gasteiger partial charge in [0.15, 0.2) is 5.69 Å². The largest absolute Gasteiger partial charge is 0.346 e.